The van der Waals surface area contributed by atoms with Crippen molar-refractivity contribution >= 4 is 5.91 Å². The second-order valence-electron chi connectivity index (χ2n) is 6.15. The van der Waals surface area contributed by atoms with Crippen LogP contribution in [-0.4, -0.2) is 44.4 Å². The smallest absolute Gasteiger partial charge is 0.274 e. The number of benzene rings is 1. The molecular weight excluding hydrogens is 304 g/mol. The minimum absolute atomic E-state index is 0.130. The summed E-state index contributed by atoms with van der Waals surface area (Å²) in [4.78, 5) is 14.0. The predicted molar refractivity (Wildman–Crippen MR) is 79.4 cm³/mol. The Hall–Kier alpha value is -2.28. The van der Waals surface area contributed by atoms with Crippen molar-refractivity contribution in [3.05, 3.63) is 47.3 Å². The van der Waals surface area contributed by atoms with Crippen LogP contribution in [0.3, 0.4) is 0 Å². The third kappa shape index (κ3) is 2.84. The molecule has 2 aromatic rings. The number of carbonyl (C=O) groups excluding carboxylic acids is 1. The molecule has 1 amide bonds. The topological polar surface area (TPSA) is 58.4 Å². The maximum absolute atomic E-state index is 13.9. The molecule has 1 N–H and O–H groups in total. The molecule has 0 bridgehead atoms. The molecule has 1 aromatic carbocycles. The molecule has 1 aromatic heterocycles. The summed E-state index contributed by atoms with van der Waals surface area (Å²) < 4.78 is 28.7. The zero-order valence-corrected chi connectivity index (χ0v) is 12.9. The quantitative estimate of drug-likeness (QED) is 0.921. The molecule has 2 heterocycles. The van der Waals surface area contributed by atoms with Gasteiger partial charge in [-0.05, 0) is 32.4 Å². The lowest BCUT2D eigenvalue weighted by atomic mass is 10.1. The molecule has 0 spiro atoms. The molecule has 0 unspecified atom stereocenters. The van der Waals surface area contributed by atoms with Gasteiger partial charge in [0.1, 0.15) is 5.69 Å². The van der Waals surface area contributed by atoms with Crippen LogP contribution in [0.15, 0.2) is 24.4 Å². The van der Waals surface area contributed by atoms with E-state index >= 15 is 0 Å². The lowest BCUT2D eigenvalue weighted by molar-refractivity contribution is 0.0568. The summed E-state index contributed by atoms with van der Waals surface area (Å²) in [7, 11) is 0. The lowest BCUT2D eigenvalue weighted by Crippen LogP contribution is -2.34. The Kier molecular flexibility index (Phi) is 3.68. The fraction of sp³-hybridized carbons (Fsp3) is 0.375. The van der Waals surface area contributed by atoms with E-state index in [0.717, 1.165) is 16.8 Å². The molecule has 1 aliphatic heterocycles. The highest BCUT2D eigenvalue weighted by atomic mass is 19.1. The van der Waals surface area contributed by atoms with Gasteiger partial charge in [-0.3, -0.25) is 4.79 Å². The third-order valence-corrected chi connectivity index (χ3v) is 4.01. The summed E-state index contributed by atoms with van der Waals surface area (Å²) in [5, 5.41) is 14.0. The van der Waals surface area contributed by atoms with Crippen molar-refractivity contribution in [2.75, 3.05) is 13.1 Å². The molecule has 0 radical (unpaired) electrons. The Balaban J connectivity index is 1.94. The van der Waals surface area contributed by atoms with Crippen LogP contribution in [0.1, 0.15) is 29.4 Å². The first-order valence-electron chi connectivity index (χ1n) is 7.31. The molecule has 122 valence electrons. The van der Waals surface area contributed by atoms with Crippen molar-refractivity contribution in [2.24, 2.45) is 0 Å². The van der Waals surface area contributed by atoms with E-state index in [-0.39, 0.29) is 23.8 Å². The summed E-state index contributed by atoms with van der Waals surface area (Å²) in [5.74, 6) is -1.86. The van der Waals surface area contributed by atoms with Crippen LogP contribution < -0.4 is 0 Å². The van der Waals surface area contributed by atoms with Gasteiger partial charge in [-0.25, -0.2) is 13.5 Å². The number of carbonyl (C=O) groups is 1. The zero-order chi connectivity index (χ0) is 16.8. The Morgan fingerprint density at radius 2 is 2.00 bits per heavy atom. The third-order valence-electron chi connectivity index (χ3n) is 4.01. The first-order chi connectivity index (χ1) is 10.8. The van der Waals surface area contributed by atoms with Crippen LogP contribution in [0.5, 0.6) is 0 Å². The molecule has 5 nitrogen and oxygen atoms in total. The van der Waals surface area contributed by atoms with Gasteiger partial charge < -0.3 is 10.0 Å². The number of rotatable bonds is 2. The van der Waals surface area contributed by atoms with Crippen LogP contribution in [-0.2, 0) is 0 Å². The highest BCUT2D eigenvalue weighted by Gasteiger charge is 2.35. The maximum Gasteiger partial charge on any atom is 0.274 e. The van der Waals surface area contributed by atoms with Gasteiger partial charge in [-0.2, -0.15) is 5.10 Å². The van der Waals surface area contributed by atoms with Gasteiger partial charge >= 0.3 is 0 Å². The van der Waals surface area contributed by atoms with E-state index in [4.69, 9.17) is 0 Å². The van der Waals surface area contributed by atoms with Crippen molar-refractivity contribution < 1.29 is 18.7 Å². The molecule has 1 saturated heterocycles. The van der Waals surface area contributed by atoms with Crippen LogP contribution in [0.2, 0.25) is 0 Å². The molecule has 23 heavy (non-hydrogen) atoms. The number of aliphatic hydroxyl groups is 1. The van der Waals surface area contributed by atoms with E-state index in [0.29, 0.717) is 18.5 Å². The molecular formula is C16H17F2N3O2. The molecule has 3 rings (SSSR count). The molecule has 1 aliphatic rings. The minimum atomic E-state index is -0.913. The average Bonchev–Trinajstić information content (AvgIpc) is 3.01. The van der Waals surface area contributed by atoms with E-state index in [9.17, 15) is 18.7 Å². The van der Waals surface area contributed by atoms with E-state index in [2.05, 4.69) is 5.10 Å². The van der Waals surface area contributed by atoms with E-state index in [1.54, 1.807) is 13.8 Å². The molecule has 1 fully saturated rings. The Morgan fingerprint density at radius 1 is 1.35 bits per heavy atom. The van der Waals surface area contributed by atoms with Crippen LogP contribution in [0.25, 0.3) is 5.69 Å². The second-order valence-corrected chi connectivity index (χ2v) is 6.15. The average molecular weight is 321 g/mol. The first-order valence-corrected chi connectivity index (χ1v) is 7.31. The predicted octanol–water partition coefficient (Wildman–Crippen LogP) is 2.06. The lowest BCUT2D eigenvalue weighted by Gasteiger charge is -2.18. The SMILES string of the molecule is Cc1cn(-c2c(F)cccc2F)nc1C(=O)N1CC[C@@](C)(O)C1. The standard InChI is InChI=1S/C16H17F2N3O2/c1-10-8-21(14-11(17)4-3-5-12(14)18)19-13(10)15(22)20-7-6-16(2,23)9-20/h3-5,8,23H,6-7,9H2,1-2H3/t16-/m1/s1. The van der Waals surface area contributed by atoms with Gasteiger partial charge in [0, 0.05) is 24.8 Å². The van der Waals surface area contributed by atoms with Crippen molar-refractivity contribution in [1.82, 2.24) is 14.7 Å². The number of aryl methyl sites for hydroxylation is 1. The minimum Gasteiger partial charge on any atom is -0.388 e. The summed E-state index contributed by atoms with van der Waals surface area (Å²) in [6.45, 7) is 3.96. The number of halogens is 2. The summed E-state index contributed by atoms with van der Waals surface area (Å²) >= 11 is 0. The van der Waals surface area contributed by atoms with Crippen LogP contribution >= 0.6 is 0 Å². The van der Waals surface area contributed by atoms with Gasteiger partial charge in [-0.1, -0.05) is 6.07 Å². The van der Waals surface area contributed by atoms with E-state index < -0.39 is 17.2 Å². The molecule has 1 atom stereocenters. The molecule has 7 heteroatoms. The van der Waals surface area contributed by atoms with Gasteiger partial charge in [0.15, 0.2) is 17.3 Å². The number of β-amino-alcohol motifs (C(OH)–C–C–N with tert-alkyl or cyclic N) is 1. The summed E-state index contributed by atoms with van der Waals surface area (Å²) in [5.41, 5.74) is -0.582. The first kappa shape index (κ1) is 15.6. The van der Waals surface area contributed by atoms with E-state index in [1.807, 2.05) is 0 Å². The Bertz CT molecular complexity index is 750. The number of nitrogens with zero attached hydrogens (tertiary/aromatic N) is 3. The van der Waals surface area contributed by atoms with E-state index in [1.165, 1.54) is 17.2 Å². The fourth-order valence-corrected chi connectivity index (χ4v) is 2.76. The van der Waals surface area contributed by atoms with Gasteiger partial charge in [0.25, 0.3) is 5.91 Å². The highest BCUT2D eigenvalue weighted by Crippen LogP contribution is 2.24. The normalized spacial score (nSPS) is 21.0. The van der Waals surface area contributed by atoms with Gasteiger partial charge in [0.2, 0.25) is 0 Å². The molecule has 0 aliphatic carbocycles. The maximum atomic E-state index is 13.9. The highest BCUT2D eigenvalue weighted by molar-refractivity contribution is 5.94. The summed E-state index contributed by atoms with van der Waals surface area (Å²) in [6, 6.07) is 3.53. The largest absolute Gasteiger partial charge is 0.388 e. The van der Waals surface area contributed by atoms with Crippen molar-refractivity contribution in [3.63, 3.8) is 0 Å². The monoisotopic (exact) mass is 321 g/mol. The van der Waals surface area contributed by atoms with Crippen molar-refractivity contribution in [2.45, 2.75) is 25.9 Å². The van der Waals surface area contributed by atoms with Gasteiger partial charge in [0.05, 0.1) is 5.60 Å². The number of amides is 1. The number of para-hydroxylation sites is 1. The van der Waals surface area contributed by atoms with Crippen molar-refractivity contribution in [3.8, 4) is 5.69 Å². The number of hydrogen-bond acceptors (Lipinski definition) is 3. The molecule has 0 saturated carbocycles. The summed E-state index contributed by atoms with van der Waals surface area (Å²) in [6.07, 6.45) is 1.91. The Labute approximate surface area is 132 Å². The van der Waals surface area contributed by atoms with Crippen LogP contribution in [0.4, 0.5) is 8.78 Å². The number of likely N-dealkylation sites (tertiary alicyclic amines) is 1. The van der Waals surface area contributed by atoms with Gasteiger partial charge in [-0.15, -0.1) is 0 Å². The van der Waals surface area contributed by atoms with Crippen LogP contribution in [0, 0.1) is 18.6 Å². The number of hydrogen-bond donors (Lipinski definition) is 1. The fourth-order valence-electron chi connectivity index (χ4n) is 2.76. The van der Waals surface area contributed by atoms with Crippen molar-refractivity contribution in [1.29, 1.82) is 0 Å². The second kappa shape index (κ2) is 5.42. The zero-order valence-electron chi connectivity index (χ0n) is 12.9. The number of aromatic nitrogens is 2. The Morgan fingerprint density at radius 3 is 2.57 bits per heavy atom.